The van der Waals surface area contributed by atoms with Gasteiger partial charge in [0.05, 0.1) is 10.6 Å². The zero-order valence-corrected chi connectivity index (χ0v) is 13.2. The fourth-order valence-electron chi connectivity index (χ4n) is 3.18. The van der Waals surface area contributed by atoms with Crippen LogP contribution in [0.15, 0.2) is 23.1 Å². The van der Waals surface area contributed by atoms with Gasteiger partial charge in [0, 0.05) is 17.1 Å². The maximum absolute atomic E-state index is 12.1. The Morgan fingerprint density at radius 1 is 1.30 bits per heavy atom. The van der Waals surface area contributed by atoms with Crippen LogP contribution in [-0.4, -0.2) is 20.2 Å². The lowest BCUT2D eigenvalue weighted by atomic mass is 9.80. The molecule has 1 aromatic carbocycles. The molecule has 1 aliphatic heterocycles. The molecule has 2 atom stereocenters. The number of rotatable bonds is 3. The summed E-state index contributed by atoms with van der Waals surface area (Å²) < 4.78 is 24.3. The van der Waals surface area contributed by atoms with Gasteiger partial charge < -0.3 is 5.32 Å². The van der Waals surface area contributed by atoms with Crippen LogP contribution in [0.3, 0.4) is 0 Å². The summed E-state index contributed by atoms with van der Waals surface area (Å²) in [6.07, 6.45) is 4.51. The molecule has 0 bridgehead atoms. The van der Waals surface area contributed by atoms with Crippen LogP contribution in [0, 0.1) is 5.92 Å². The molecule has 1 heterocycles. The summed E-state index contributed by atoms with van der Waals surface area (Å²) in [4.78, 5) is 0.450. The van der Waals surface area contributed by atoms with Gasteiger partial charge in [-0.3, -0.25) is 0 Å². The van der Waals surface area contributed by atoms with Crippen molar-refractivity contribution >= 4 is 21.4 Å². The van der Waals surface area contributed by atoms with E-state index in [-0.39, 0.29) is 11.8 Å². The number of fused-ring (bicyclic) bond motifs is 1. The highest BCUT2D eigenvalue weighted by molar-refractivity contribution is 7.91. The Kier molecular flexibility index (Phi) is 3.82. The van der Waals surface area contributed by atoms with Crippen molar-refractivity contribution in [3.8, 4) is 0 Å². The fourth-order valence-corrected chi connectivity index (χ4v) is 4.96. The molecule has 3 rings (SSSR count). The molecule has 3 nitrogen and oxygen atoms in total. The maximum atomic E-state index is 12.1. The largest absolute Gasteiger partial charge is 0.307 e. The molecule has 0 spiro atoms. The Morgan fingerprint density at radius 3 is 2.70 bits per heavy atom. The van der Waals surface area contributed by atoms with Gasteiger partial charge >= 0.3 is 0 Å². The molecule has 0 amide bonds. The molecule has 5 heteroatoms. The van der Waals surface area contributed by atoms with Crippen LogP contribution in [0.5, 0.6) is 0 Å². The van der Waals surface area contributed by atoms with E-state index >= 15 is 0 Å². The van der Waals surface area contributed by atoms with E-state index < -0.39 is 9.84 Å². The lowest BCUT2D eigenvalue weighted by molar-refractivity contribution is 0.224. The monoisotopic (exact) mass is 313 g/mol. The van der Waals surface area contributed by atoms with Gasteiger partial charge in [0.1, 0.15) is 0 Å². The molecule has 110 valence electrons. The average Bonchev–Trinajstić information content (AvgIpc) is 2.30. The molecule has 2 aliphatic rings. The molecule has 1 aliphatic carbocycles. The minimum Gasteiger partial charge on any atom is -0.307 e. The highest BCUT2D eigenvalue weighted by Gasteiger charge is 2.33. The first-order chi connectivity index (χ1) is 9.47. The van der Waals surface area contributed by atoms with Gasteiger partial charge in [0.2, 0.25) is 0 Å². The Bertz CT molecular complexity index is 610. The molecule has 1 fully saturated rings. The van der Waals surface area contributed by atoms with Crippen LogP contribution >= 0.6 is 11.6 Å². The quantitative estimate of drug-likeness (QED) is 0.931. The summed E-state index contributed by atoms with van der Waals surface area (Å²) in [7, 11) is -3.14. The van der Waals surface area contributed by atoms with Crippen LogP contribution in [0.4, 0.5) is 0 Å². The molecule has 0 radical (unpaired) electrons. The topological polar surface area (TPSA) is 46.2 Å². The van der Waals surface area contributed by atoms with Crippen LogP contribution in [-0.2, 0) is 9.84 Å². The molecule has 0 saturated heterocycles. The third kappa shape index (κ3) is 2.61. The van der Waals surface area contributed by atoms with Gasteiger partial charge in [-0.05, 0) is 55.9 Å². The summed E-state index contributed by atoms with van der Waals surface area (Å²) >= 11 is 6.05. The number of hydrogen-bond acceptors (Lipinski definition) is 3. The van der Waals surface area contributed by atoms with E-state index in [1.54, 1.807) is 18.2 Å². The van der Waals surface area contributed by atoms with Crippen molar-refractivity contribution in [2.45, 2.75) is 49.6 Å². The van der Waals surface area contributed by atoms with Crippen LogP contribution in [0.25, 0.3) is 0 Å². The van der Waals surface area contributed by atoms with Crippen molar-refractivity contribution in [2.24, 2.45) is 5.92 Å². The van der Waals surface area contributed by atoms with Crippen molar-refractivity contribution in [3.63, 3.8) is 0 Å². The molecule has 0 aromatic heterocycles. The van der Waals surface area contributed by atoms with Gasteiger partial charge in [-0.2, -0.15) is 0 Å². The normalized spacial score (nSPS) is 26.6. The van der Waals surface area contributed by atoms with Gasteiger partial charge in [0.15, 0.2) is 9.84 Å². The van der Waals surface area contributed by atoms with Crippen molar-refractivity contribution < 1.29 is 8.42 Å². The van der Waals surface area contributed by atoms with Crippen LogP contribution < -0.4 is 5.32 Å². The summed E-state index contributed by atoms with van der Waals surface area (Å²) in [5.41, 5.74) is 0.843. The van der Waals surface area contributed by atoms with E-state index in [1.807, 2.05) is 0 Å². The Morgan fingerprint density at radius 2 is 2.05 bits per heavy atom. The second kappa shape index (κ2) is 5.32. The summed E-state index contributed by atoms with van der Waals surface area (Å²) in [6, 6.07) is 5.65. The molecule has 1 N–H and O–H groups in total. The van der Waals surface area contributed by atoms with Gasteiger partial charge in [-0.15, -0.1) is 0 Å². The smallest absolute Gasteiger partial charge is 0.178 e. The maximum Gasteiger partial charge on any atom is 0.178 e. The number of sulfone groups is 1. The van der Waals surface area contributed by atoms with E-state index in [9.17, 15) is 8.42 Å². The fraction of sp³-hybridized carbons (Fsp3) is 0.600. The lowest BCUT2D eigenvalue weighted by Crippen LogP contribution is -2.41. The van der Waals surface area contributed by atoms with Gasteiger partial charge in [-0.25, -0.2) is 8.42 Å². The van der Waals surface area contributed by atoms with E-state index in [2.05, 4.69) is 12.2 Å². The van der Waals surface area contributed by atoms with Crippen molar-refractivity contribution in [2.75, 3.05) is 5.75 Å². The average molecular weight is 314 g/mol. The SMILES string of the molecule is C[C@H](N[C@@H]1CCS(=O)(=O)c2ccc(Cl)cc21)C1CCC1. The Balaban J connectivity index is 1.88. The number of nitrogens with one attached hydrogen (secondary N) is 1. The second-order valence-corrected chi connectivity index (χ2v) is 8.50. The van der Waals surface area contributed by atoms with E-state index in [1.165, 1.54) is 19.3 Å². The van der Waals surface area contributed by atoms with E-state index in [4.69, 9.17) is 11.6 Å². The Hall–Kier alpha value is -0.580. The standard InChI is InChI=1S/C15H20ClNO2S/c1-10(11-3-2-4-11)17-14-7-8-20(18,19)15-6-5-12(16)9-13(14)15/h5-6,9-11,14,17H,2-4,7-8H2,1H3/t10-,14+/m0/s1. The van der Waals surface area contributed by atoms with Crippen LogP contribution in [0.1, 0.15) is 44.2 Å². The molecule has 20 heavy (non-hydrogen) atoms. The minimum atomic E-state index is -3.14. The third-order valence-electron chi connectivity index (χ3n) is 4.68. The highest BCUT2D eigenvalue weighted by Crippen LogP contribution is 2.36. The summed E-state index contributed by atoms with van der Waals surface area (Å²) in [5.74, 6) is 0.951. The molecule has 1 aromatic rings. The Labute approximate surface area is 125 Å². The van der Waals surface area contributed by atoms with Crippen molar-refractivity contribution in [1.82, 2.24) is 5.32 Å². The number of benzene rings is 1. The van der Waals surface area contributed by atoms with Crippen molar-refractivity contribution in [3.05, 3.63) is 28.8 Å². The van der Waals surface area contributed by atoms with Gasteiger partial charge in [0.25, 0.3) is 0 Å². The summed E-state index contributed by atoms with van der Waals surface area (Å²) in [6.45, 7) is 2.21. The molecule has 1 saturated carbocycles. The summed E-state index contributed by atoms with van der Waals surface area (Å²) in [5, 5.41) is 4.22. The number of hydrogen-bond donors (Lipinski definition) is 1. The van der Waals surface area contributed by atoms with Crippen LogP contribution in [0.2, 0.25) is 5.02 Å². The van der Waals surface area contributed by atoms with Gasteiger partial charge in [-0.1, -0.05) is 18.0 Å². The first kappa shape index (κ1) is 14.4. The zero-order chi connectivity index (χ0) is 14.3. The highest BCUT2D eigenvalue weighted by atomic mass is 35.5. The third-order valence-corrected chi connectivity index (χ3v) is 6.73. The van der Waals surface area contributed by atoms with E-state index in [0.717, 1.165) is 11.5 Å². The first-order valence-electron chi connectivity index (χ1n) is 7.25. The second-order valence-electron chi connectivity index (χ2n) is 5.99. The lowest BCUT2D eigenvalue weighted by Gasteiger charge is -2.36. The number of halogens is 1. The predicted octanol–water partition coefficient (Wildman–Crippen LogP) is 3.34. The molecular weight excluding hydrogens is 294 g/mol. The molecular formula is C15H20ClNO2S. The van der Waals surface area contributed by atoms with Crippen molar-refractivity contribution in [1.29, 1.82) is 0 Å². The predicted molar refractivity (Wildman–Crippen MR) is 80.8 cm³/mol. The molecule has 0 unspecified atom stereocenters. The minimum absolute atomic E-state index is 0.0998. The zero-order valence-electron chi connectivity index (χ0n) is 11.6. The van der Waals surface area contributed by atoms with E-state index in [0.29, 0.717) is 22.4 Å². The first-order valence-corrected chi connectivity index (χ1v) is 9.28.